The minimum absolute atomic E-state index is 0.110. The maximum Gasteiger partial charge on any atom is 0.236 e. The second-order valence-corrected chi connectivity index (χ2v) is 5.36. The first-order valence-corrected chi connectivity index (χ1v) is 7.75. The van der Waals surface area contributed by atoms with E-state index in [1.54, 1.807) is 31.2 Å². The summed E-state index contributed by atoms with van der Waals surface area (Å²) in [6.07, 6.45) is 0. The van der Waals surface area contributed by atoms with Crippen molar-refractivity contribution in [3.05, 3.63) is 64.7 Å². The van der Waals surface area contributed by atoms with Crippen molar-refractivity contribution in [2.45, 2.75) is 6.92 Å². The zero-order valence-electron chi connectivity index (χ0n) is 14.1. The number of hydrogen-bond donors (Lipinski definition) is 1. The van der Waals surface area contributed by atoms with Crippen molar-refractivity contribution in [3.63, 3.8) is 0 Å². The molecule has 0 aliphatic heterocycles. The molecular weight excluding hydrogens is 342 g/mol. The number of oxime groups is 2. The molecule has 0 aliphatic carbocycles. The molecule has 7 heteroatoms. The van der Waals surface area contributed by atoms with Crippen molar-refractivity contribution in [1.29, 1.82) is 5.41 Å². The van der Waals surface area contributed by atoms with Gasteiger partial charge in [0, 0.05) is 16.1 Å². The highest BCUT2D eigenvalue weighted by Crippen LogP contribution is 2.17. The lowest BCUT2D eigenvalue weighted by molar-refractivity contribution is 0.213. The fourth-order valence-electron chi connectivity index (χ4n) is 2.07. The van der Waals surface area contributed by atoms with Gasteiger partial charge in [0.05, 0.1) is 12.8 Å². The van der Waals surface area contributed by atoms with Crippen LogP contribution in [0.25, 0.3) is 0 Å². The summed E-state index contributed by atoms with van der Waals surface area (Å²) < 4.78 is 4.98. The third-order valence-corrected chi connectivity index (χ3v) is 3.53. The summed E-state index contributed by atoms with van der Waals surface area (Å²) in [6.45, 7) is 1.80. The van der Waals surface area contributed by atoms with Crippen molar-refractivity contribution in [1.82, 2.24) is 0 Å². The van der Waals surface area contributed by atoms with Crippen molar-refractivity contribution in [3.8, 4) is 5.75 Å². The largest absolute Gasteiger partial charge is 0.480 e. The molecule has 0 fully saturated rings. The summed E-state index contributed by atoms with van der Waals surface area (Å²) in [6, 6.07) is 14.3. The molecule has 0 heterocycles. The van der Waals surface area contributed by atoms with Crippen LogP contribution in [0.3, 0.4) is 0 Å². The van der Waals surface area contributed by atoms with Crippen LogP contribution in [0, 0.1) is 5.41 Å². The van der Waals surface area contributed by atoms with Crippen LogP contribution in [-0.4, -0.2) is 31.5 Å². The van der Waals surface area contributed by atoms with Gasteiger partial charge in [0.25, 0.3) is 0 Å². The highest BCUT2D eigenvalue weighted by molar-refractivity contribution is 6.45. The summed E-state index contributed by atoms with van der Waals surface area (Å²) >= 11 is 5.85. The lowest BCUT2D eigenvalue weighted by Crippen LogP contribution is -2.20. The van der Waals surface area contributed by atoms with Crippen molar-refractivity contribution < 1.29 is 14.4 Å². The molecule has 0 bridgehead atoms. The molecule has 6 nitrogen and oxygen atoms in total. The average Bonchev–Trinajstić information content (AvgIpc) is 2.65. The fourth-order valence-corrected chi connectivity index (χ4v) is 2.20. The molecule has 0 amide bonds. The highest BCUT2D eigenvalue weighted by Gasteiger charge is 2.17. The van der Waals surface area contributed by atoms with Gasteiger partial charge in [-0.15, -0.1) is 0 Å². The number of benzene rings is 2. The van der Waals surface area contributed by atoms with Gasteiger partial charge in [0.2, 0.25) is 5.90 Å². The van der Waals surface area contributed by atoms with Crippen LogP contribution < -0.4 is 4.84 Å². The van der Waals surface area contributed by atoms with Crippen LogP contribution >= 0.6 is 11.6 Å². The summed E-state index contributed by atoms with van der Waals surface area (Å²) in [7, 11) is 2.82. The predicted molar refractivity (Wildman–Crippen MR) is 99.0 cm³/mol. The molecule has 25 heavy (non-hydrogen) atoms. The van der Waals surface area contributed by atoms with Gasteiger partial charge in [-0.3, -0.25) is 5.41 Å². The van der Waals surface area contributed by atoms with E-state index in [9.17, 15) is 0 Å². The molecule has 0 atom stereocenters. The Morgan fingerprint density at radius 2 is 1.60 bits per heavy atom. The quantitative estimate of drug-likeness (QED) is 0.479. The summed E-state index contributed by atoms with van der Waals surface area (Å²) in [4.78, 5) is 10.3. The highest BCUT2D eigenvalue weighted by atomic mass is 35.5. The number of hydrogen-bond acceptors (Lipinski definition) is 6. The number of halogens is 1. The van der Waals surface area contributed by atoms with Gasteiger partial charge in [-0.2, -0.15) is 0 Å². The van der Waals surface area contributed by atoms with Gasteiger partial charge in [-0.1, -0.05) is 46.2 Å². The van der Waals surface area contributed by atoms with Crippen LogP contribution in [0.5, 0.6) is 5.75 Å². The third-order valence-electron chi connectivity index (χ3n) is 3.28. The Morgan fingerprint density at radius 1 is 0.960 bits per heavy atom. The van der Waals surface area contributed by atoms with Gasteiger partial charge < -0.3 is 14.4 Å². The first kappa shape index (κ1) is 18.5. The topological polar surface area (TPSA) is 76.3 Å². The molecule has 0 unspecified atom stereocenters. The lowest BCUT2D eigenvalue weighted by atomic mass is 10.00. The molecule has 2 aromatic carbocycles. The maximum atomic E-state index is 7.91. The van der Waals surface area contributed by atoms with Crippen molar-refractivity contribution >= 4 is 28.9 Å². The molecule has 0 saturated heterocycles. The van der Waals surface area contributed by atoms with E-state index in [2.05, 4.69) is 10.3 Å². The minimum atomic E-state index is -0.110. The molecule has 0 radical (unpaired) electrons. The summed E-state index contributed by atoms with van der Waals surface area (Å²) in [5.41, 5.74) is 2.27. The predicted octanol–water partition coefficient (Wildman–Crippen LogP) is 4.12. The van der Waals surface area contributed by atoms with E-state index >= 15 is 0 Å². The summed E-state index contributed by atoms with van der Waals surface area (Å²) in [5.74, 6) is 0.456. The first-order chi connectivity index (χ1) is 12.1. The van der Waals surface area contributed by atoms with Gasteiger partial charge in [-0.05, 0) is 31.2 Å². The number of nitrogens with one attached hydrogen (secondary N) is 1. The van der Waals surface area contributed by atoms with E-state index < -0.39 is 0 Å². The van der Waals surface area contributed by atoms with E-state index in [-0.39, 0.29) is 11.6 Å². The van der Waals surface area contributed by atoms with Crippen LogP contribution in [0.2, 0.25) is 5.02 Å². The first-order valence-electron chi connectivity index (χ1n) is 7.37. The second-order valence-electron chi connectivity index (χ2n) is 4.92. The Hall–Kier alpha value is -2.86. The standard InChI is InChI=1S/C18H18ClN3O3/c1-12(21-25-14-10-8-13(19)9-11-14)15-6-4-5-7-16(15)17(22-24-3)18(20)23-2/h4-11,20H,1-3H3. The molecule has 0 aliphatic rings. The number of methoxy groups -OCH3 is 1. The molecule has 2 rings (SSSR count). The SMILES string of the molecule is CON=C(C(=N)OC)c1ccccc1C(C)=NOc1ccc(Cl)cc1. The van der Waals surface area contributed by atoms with Crippen molar-refractivity contribution in [2.24, 2.45) is 10.3 Å². The van der Waals surface area contributed by atoms with E-state index in [1.165, 1.54) is 14.2 Å². The van der Waals surface area contributed by atoms with E-state index in [4.69, 9.17) is 31.4 Å². The number of rotatable bonds is 6. The van der Waals surface area contributed by atoms with Gasteiger partial charge >= 0.3 is 0 Å². The summed E-state index contributed by atoms with van der Waals surface area (Å²) in [5, 5.41) is 16.6. The Bertz CT molecular complexity index is 801. The normalized spacial score (nSPS) is 11.8. The second kappa shape index (κ2) is 8.84. The van der Waals surface area contributed by atoms with Crippen LogP contribution in [0.4, 0.5) is 0 Å². The van der Waals surface area contributed by atoms with E-state index in [0.717, 1.165) is 5.56 Å². The smallest absolute Gasteiger partial charge is 0.236 e. The molecule has 1 N–H and O–H groups in total. The molecular formula is C18H18ClN3O3. The minimum Gasteiger partial charge on any atom is -0.480 e. The number of nitrogens with zero attached hydrogens (tertiary/aromatic N) is 2. The van der Waals surface area contributed by atoms with Crippen molar-refractivity contribution in [2.75, 3.05) is 14.2 Å². The Morgan fingerprint density at radius 3 is 2.20 bits per heavy atom. The zero-order chi connectivity index (χ0) is 18.2. The van der Waals surface area contributed by atoms with Gasteiger partial charge in [0.1, 0.15) is 7.11 Å². The molecule has 0 saturated carbocycles. The molecule has 0 aromatic heterocycles. The Balaban J connectivity index is 2.35. The van der Waals surface area contributed by atoms with Crippen LogP contribution in [0.15, 0.2) is 58.8 Å². The van der Waals surface area contributed by atoms with Gasteiger partial charge in [0.15, 0.2) is 11.5 Å². The fraction of sp³-hybridized carbons (Fsp3) is 0.167. The van der Waals surface area contributed by atoms with E-state index in [1.807, 2.05) is 24.3 Å². The van der Waals surface area contributed by atoms with E-state index in [0.29, 0.717) is 22.0 Å². The molecule has 130 valence electrons. The van der Waals surface area contributed by atoms with Crippen LogP contribution in [0.1, 0.15) is 18.1 Å². The molecule has 0 spiro atoms. The zero-order valence-corrected chi connectivity index (χ0v) is 14.9. The van der Waals surface area contributed by atoms with Gasteiger partial charge in [-0.25, -0.2) is 0 Å². The Kier molecular flexibility index (Phi) is 6.54. The average molecular weight is 360 g/mol. The number of ether oxygens (including phenoxy) is 1. The lowest BCUT2D eigenvalue weighted by Gasteiger charge is -2.11. The maximum absolute atomic E-state index is 7.91. The van der Waals surface area contributed by atoms with Crippen LogP contribution in [-0.2, 0) is 9.57 Å². The monoisotopic (exact) mass is 359 g/mol. The molecule has 2 aromatic rings. The Labute approximate surface area is 151 Å². The third kappa shape index (κ3) is 4.81.